The zero-order valence-corrected chi connectivity index (χ0v) is 8.62. The monoisotopic (exact) mass is 199 g/mol. The third-order valence-electron chi connectivity index (χ3n) is 2.82. The van der Waals surface area contributed by atoms with Crippen molar-refractivity contribution >= 4 is 5.91 Å². The van der Waals surface area contributed by atoms with Crippen LogP contribution < -0.4 is 0 Å². The zero-order valence-electron chi connectivity index (χ0n) is 8.62. The molecular weight excluding hydrogens is 182 g/mol. The van der Waals surface area contributed by atoms with E-state index >= 15 is 0 Å². The lowest BCUT2D eigenvalue weighted by molar-refractivity contribution is -0.152. The van der Waals surface area contributed by atoms with Gasteiger partial charge in [-0.1, -0.05) is 6.92 Å². The van der Waals surface area contributed by atoms with E-state index in [-0.39, 0.29) is 5.91 Å². The number of carbonyl (C=O) groups is 1. The minimum atomic E-state index is -0.455. The van der Waals surface area contributed by atoms with Crippen LogP contribution in [-0.2, 0) is 14.3 Å². The van der Waals surface area contributed by atoms with Gasteiger partial charge in [-0.2, -0.15) is 0 Å². The van der Waals surface area contributed by atoms with Crippen LogP contribution in [0.5, 0.6) is 0 Å². The van der Waals surface area contributed by atoms with Gasteiger partial charge in [-0.15, -0.1) is 0 Å². The third kappa shape index (κ3) is 1.77. The van der Waals surface area contributed by atoms with E-state index in [1.807, 2.05) is 11.8 Å². The molecule has 2 saturated heterocycles. The fourth-order valence-electron chi connectivity index (χ4n) is 2.07. The summed E-state index contributed by atoms with van der Waals surface area (Å²) in [4.78, 5) is 13.5. The standard InChI is InChI=1S/C10H17NO3/c1-2-3-9(12)11-5-4-10(8-11)13-6-7-14-10/h2-8H2,1H3. The quantitative estimate of drug-likeness (QED) is 0.659. The molecule has 0 N–H and O–H groups in total. The van der Waals surface area contributed by atoms with Crippen LogP contribution in [0.3, 0.4) is 0 Å². The molecule has 4 nitrogen and oxygen atoms in total. The molecule has 1 spiro atoms. The number of nitrogens with zero attached hydrogens (tertiary/aromatic N) is 1. The molecule has 14 heavy (non-hydrogen) atoms. The molecule has 0 bridgehead atoms. The van der Waals surface area contributed by atoms with E-state index < -0.39 is 5.79 Å². The largest absolute Gasteiger partial charge is 0.346 e. The van der Waals surface area contributed by atoms with E-state index in [9.17, 15) is 4.79 Å². The van der Waals surface area contributed by atoms with Crippen molar-refractivity contribution in [2.75, 3.05) is 26.3 Å². The van der Waals surface area contributed by atoms with Crippen LogP contribution >= 0.6 is 0 Å². The maximum absolute atomic E-state index is 11.6. The third-order valence-corrected chi connectivity index (χ3v) is 2.82. The highest BCUT2D eigenvalue weighted by molar-refractivity contribution is 5.76. The molecule has 0 aromatic heterocycles. The molecule has 2 rings (SSSR count). The van der Waals surface area contributed by atoms with Crippen LogP contribution in [0.4, 0.5) is 0 Å². The number of carbonyl (C=O) groups excluding carboxylic acids is 1. The molecule has 0 radical (unpaired) electrons. The fraction of sp³-hybridized carbons (Fsp3) is 0.900. The maximum Gasteiger partial charge on any atom is 0.222 e. The molecule has 0 atom stereocenters. The van der Waals surface area contributed by atoms with Crippen molar-refractivity contribution < 1.29 is 14.3 Å². The molecule has 0 aliphatic carbocycles. The molecule has 2 heterocycles. The summed E-state index contributed by atoms with van der Waals surface area (Å²) in [5.74, 6) is -0.230. The Labute approximate surface area is 84.2 Å². The molecule has 4 heteroatoms. The number of ether oxygens (including phenoxy) is 2. The summed E-state index contributed by atoms with van der Waals surface area (Å²) >= 11 is 0. The average Bonchev–Trinajstić information content (AvgIpc) is 2.78. The van der Waals surface area contributed by atoms with Gasteiger partial charge in [0.15, 0.2) is 5.79 Å². The van der Waals surface area contributed by atoms with Crippen molar-refractivity contribution in [3.63, 3.8) is 0 Å². The van der Waals surface area contributed by atoms with Crippen LogP contribution in [0.15, 0.2) is 0 Å². The van der Waals surface area contributed by atoms with E-state index in [0.29, 0.717) is 26.2 Å². The molecule has 0 aromatic carbocycles. The number of rotatable bonds is 2. The highest BCUT2D eigenvalue weighted by Crippen LogP contribution is 2.30. The first-order valence-corrected chi connectivity index (χ1v) is 5.31. The first-order chi connectivity index (χ1) is 6.76. The summed E-state index contributed by atoms with van der Waals surface area (Å²) in [6, 6.07) is 0. The molecule has 0 saturated carbocycles. The van der Waals surface area contributed by atoms with Gasteiger partial charge in [0.05, 0.1) is 19.8 Å². The zero-order chi connectivity index (χ0) is 10.0. The Morgan fingerprint density at radius 2 is 2.14 bits per heavy atom. The summed E-state index contributed by atoms with van der Waals surface area (Å²) in [6.45, 7) is 4.74. The SMILES string of the molecule is CCCC(=O)N1CCC2(C1)OCCO2. The van der Waals surface area contributed by atoms with E-state index in [2.05, 4.69) is 0 Å². The van der Waals surface area contributed by atoms with Gasteiger partial charge in [-0.3, -0.25) is 4.79 Å². The Kier molecular flexibility index (Phi) is 2.74. The Morgan fingerprint density at radius 3 is 2.79 bits per heavy atom. The van der Waals surface area contributed by atoms with Crippen LogP contribution in [0, 0.1) is 0 Å². The van der Waals surface area contributed by atoms with Crippen molar-refractivity contribution in [3.8, 4) is 0 Å². The van der Waals surface area contributed by atoms with E-state index in [0.717, 1.165) is 19.4 Å². The highest BCUT2D eigenvalue weighted by Gasteiger charge is 2.44. The molecule has 1 amide bonds. The summed E-state index contributed by atoms with van der Waals surface area (Å²) in [7, 11) is 0. The van der Waals surface area contributed by atoms with Crippen LogP contribution in [0.1, 0.15) is 26.2 Å². The molecule has 0 aromatic rings. The van der Waals surface area contributed by atoms with Gasteiger partial charge in [0.25, 0.3) is 0 Å². The van der Waals surface area contributed by atoms with Gasteiger partial charge in [0.1, 0.15) is 0 Å². The summed E-state index contributed by atoms with van der Waals surface area (Å²) < 4.78 is 11.1. The lowest BCUT2D eigenvalue weighted by Crippen LogP contribution is -2.36. The molecule has 2 fully saturated rings. The average molecular weight is 199 g/mol. The minimum absolute atomic E-state index is 0.225. The van der Waals surface area contributed by atoms with Gasteiger partial charge in [0, 0.05) is 19.4 Å². The van der Waals surface area contributed by atoms with Crippen molar-refractivity contribution in [2.24, 2.45) is 0 Å². The van der Waals surface area contributed by atoms with E-state index in [4.69, 9.17) is 9.47 Å². The summed E-state index contributed by atoms with van der Waals surface area (Å²) in [5.41, 5.74) is 0. The Balaban J connectivity index is 1.90. The van der Waals surface area contributed by atoms with Gasteiger partial charge < -0.3 is 14.4 Å². The molecule has 80 valence electrons. The van der Waals surface area contributed by atoms with Gasteiger partial charge in [-0.05, 0) is 6.42 Å². The predicted octanol–water partition coefficient (Wildman–Crippen LogP) is 0.762. The highest BCUT2D eigenvalue weighted by atomic mass is 16.7. The van der Waals surface area contributed by atoms with Crippen molar-refractivity contribution in [2.45, 2.75) is 32.0 Å². The predicted molar refractivity (Wildman–Crippen MR) is 50.7 cm³/mol. The second-order valence-corrected chi connectivity index (χ2v) is 3.92. The van der Waals surface area contributed by atoms with Crippen LogP contribution in [0.25, 0.3) is 0 Å². The van der Waals surface area contributed by atoms with Crippen molar-refractivity contribution in [1.82, 2.24) is 4.90 Å². The minimum Gasteiger partial charge on any atom is -0.346 e. The van der Waals surface area contributed by atoms with E-state index in [1.165, 1.54) is 0 Å². The van der Waals surface area contributed by atoms with E-state index in [1.54, 1.807) is 0 Å². The van der Waals surface area contributed by atoms with Crippen molar-refractivity contribution in [3.05, 3.63) is 0 Å². The topological polar surface area (TPSA) is 38.8 Å². The molecule has 2 aliphatic rings. The Bertz CT molecular complexity index is 223. The summed E-state index contributed by atoms with van der Waals surface area (Å²) in [5, 5.41) is 0. The molecular formula is C10H17NO3. The molecule has 0 unspecified atom stereocenters. The Hall–Kier alpha value is -0.610. The second-order valence-electron chi connectivity index (χ2n) is 3.92. The van der Waals surface area contributed by atoms with Gasteiger partial charge in [-0.25, -0.2) is 0 Å². The Morgan fingerprint density at radius 1 is 1.43 bits per heavy atom. The summed E-state index contributed by atoms with van der Waals surface area (Å²) in [6.07, 6.45) is 2.36. The number of hydrogen-bond acceptors (Lipinski definition) is 3. The second kappa shape index (κ2) is 3.87. The van der Waals surface area contributed by atoms with Gasteiger partial charge >= 0.3 is 0 Å². The van der Waals surface area contributed by atoms with Gasteiger partial charge in [0.2, 0.25) is 5.91 Å². The number of likely N-dealkylation sites (tertiary alicyclic amines) is 1. The first kappa shape index (κ1) is 9.93. The van der Waals surface area contributed by atoms with Crippen molar-refractivity contribution in [1.29, 1.82) is 0 Å². The number of hydrogen-bond donors (Lipinski definition) is 0. The first-order valence-electron chi connectivity index (χ1n) is 5.31. The molecule has 2 aliphatic heterocycles. The fourth-order valence-corrected chi connectivity index (χ4v) is 2.07. The maximum atomic E-state index is 11.6. The number of amides is 1. The van der Waals surface area contributed by atoms with Crippen LogP contribution in [-0.4, -0.2) is 42.9 Å². The lowest BCUT2D eigenvalue weighted by atomic mass is 10.2. The van der Waals surface area contributed by atoms with Crippen LogP contribution in [0.2, 0.25) is 0 Å². The normalized spacial score (nSPS) is 24.8. The smallest absolute Gasteiger partial charge is 0.222 e. The lowest BCUT2D eigenvalue weighted by Gasteiger charge is -2.22.